The van der Waals surface area contributed by atoms with Crippen LogP contribution in [0.5, 0.6) is 0 Å². The zero-order valence-electron chi connectivity index (χ0n) is 14.4. The van der Waals surface area contributed by atoms with Crippen molar-refractivity contribution in [3.63, 3.8) is 0 Å². The molecule has 3 heterocycles. The van der Waals surface area contributed by atoms with Gasteiger partial charge in [-0.15, -0.1) is 32.9 Å². The predicted molar refractivity (Wildman–Crippen MR) is 119 cm³/mol. The summed E-state index contributed by atoms with van der Waals surface area (Å²) < 4.78 is 3.29. The van der Waals surface area contributed by atoms with Gasteiger partial charge in [-0.3, -0.25) is 4.57 Å². The summed E-state index contributed by atoms with van der Waals surface area (Å²) >= 11 is 11.1. The second-order valence-corrected chi connectivity index (χ2v) is 9.40. The summed E-state index contributed by atoms with van der Waals surface area (Å²) in [5, 5.41) is 13.6. The first-order valence-electron chi connectivity index (χ1n) is 8.50. The van der Waals surface area contributed by atoms with Crippen LogP contribution in [-0.4, -0.2) is 19.7 Å². The third-order valence-electron chi connectivity index (χ3n) is 4.12. The summed E-state index contributed by atoms with van der Waals surface area (Å²) in [6, 6.07) is 20.0. The Kier molecular flexibility index (Phi) is 4.90. The molecule has 5 aromatic rings. The van der Waals surface area contributed by atoms with Gasteiger partial charge >= 0.3 is 0 Å². The fraction of sp³-hybridized carbons (Fsp3) is 0.0500. The van der Waals surface area contributed by atoms with E-state index in [2.05, 4.69) is 26.9 Å². The van der Waals surface area contributed by atoms with Gasteiger partial charge in [0.2, 0.25) is 0 Å². The monoisotopic (exact) mass is 440 g/mol. The van der Waals surface area contributed by atoms with Crippen molar-refractivity contribution in [2.75, 3.05) is 0 Å². The van der Waals surface area contributed by atoms with Crippen LogP contribution < -0.4 is 0 Å². The lowest BCUT2D eigenvalue weighted by Crippen LogP contribution is -1.98. The van der Waals surface area contributed by atoms with E-state index in [1.54, 1.807) is 34.4 Å². The number of rotatable bonds is 5. The van der Waals surface area contributed by atoms with E-state index in [9.17, 15) is 0 Å². The maximum atomic E-state index is 6.08. The minimum Gasteiger partial charge on any atom is -0.269 e. The van der Waals surface area contributed by atoms with Gasteiger partial charge in [-0.25, -0.2) is 4.98 Å². The summed E-state index contributed by atoms with van der Waals surface area (Å²) in [5.74, 6) is 1.58. The summed E-state index contributed by atoms with van der Waals surface area (Å²) in [7, 11) is 0. The number of hydrogen-bond acceptors (Lipinski definition) is 6. The molecular weight excluding hydrogens is 428 g/mol. The Morgan fingerprint density at radius 3 is 2.61 bits per heavy atom. The average Bonchev–Trinajstić information content (AvgIpc) is 3.45. The van der Waals surface area contributed by atoms with Crippen LogP contribution in [-0.2, 0) is 5.75 Å². The number of thioether (sulfide) groups is 1. The van der Waals surface area contributed by atoms with Gasteiger partial charge in [0, 0.05) is 10.7 Å². The molecule has 138 valence electrons. The number of benzene rings is 2. The standard InChI is InChI=1S/C20H13ClN4S3/c21-13-7-9-14(10-8-13)25-19(17-6-3-11-26-17)23-24-20(25)27-12-18-22-15-4-1-2-5-16(15)28-18/h1-11H,12H2. The fourth-order valence-electron chi connectivity index (χ4n) is 2.86. The number of fused-ring (bicyclic) bond motifs is 1. The molecule has 0 unspecified atom stereocenters. The van der Waals surface area contributed by atoms with Gasteiger partial charge in [0.05, 0.1) is 20.8 Å². The van der Waals surface area contributed by atoms with Crippen molar-refractivity contribution in [2.24, 2.45) is 0 Å². The minimum atomic E-state index is 0.707. The van der Waals surface area contributed by atoms with Crippen molar-refractivity contribution in [2.45, 2.75) is 10.9 Å². The summed E-state index contributed by atoms with van der Waals surface area (Å²) in [6.07, 6.45) is 0. The Hall–Kier alpha value is -2.19. The number of aromatic nitrogens is 4. The highest BCUT2D eigenvalue weighted by molar-refractivity contribution is 7.98. The second kappa shape index (κ2) is 7.67. The topological polar surface area (TPSA) is 43.6 Å². The van der Waals surface area contributed by atoms with Gasteiger partial charge in [-0.05, 0) is 47.8 Å². The number of halogens is 1. The Morgan fingerprint density at radius 2 is 1.82 bits per heavy atom. The molecule has 4 nitrogen and oxygen atoms in total. The van der Waals surface area contributed by atoms with Crippen LogP contribution >= 0.6 is 46.0 Å². The van der Waals surface area contributed by atoms with E-state index in [0.29, 0.717) is 5.02 Å². The Labute approximate surface area is 178 Å². The van der Waals surface area contributed by atoms with Crippen LogP contribution in [0.15, 0.2) is 71.2 Å². The molecule has 0 atom stereocenters. The van der Waals surface area contributed by atoms with Crippen molar-refractivity contribution in [1.82, 2.24) is 19.7 Å². The Morgan fingerprint density at radius 1 is 0.964 bits per heavy atom. The van der Waals surface area contributed by atoms with Crippen molar-refractivity contribution < 1.29 is 0 Å². The van der Waals surface area contributed by atoms with Crippen molar-refractivity contribution in [3.05, 3.63) is 76.1 Å². The van der Waals surface area contributed by atoms with Crippen molar-refractivity contribution in [1.29, 1.82) is 0 Å². The Bertz CT molecular complexity index is 1190. The third-order valence-corrected chi connectivity index (χ3v) is 7.40. The highest BCUT2D eigenvalue weighted by Crippen LogP contribution is 2.33. The lowest BCUT2D eigenvalue weighted by molar-refractivity contribution is 0.886. The summed E-state index contributed by atoms with van der Waals surface area (Å²) in [5.41, 5.74) is 2.03. The highest BCUT2D eigenvalue weighted by atomic mass is 35.5. The molecule has 8 heteroatoms. The molecular formula is C20H13ClN4S3. The zero-order chi connectivity index (χ0) is 18.9. The molecule has 0 N–H and O–H groups in total. The molecule has 3 aromatic heterocycles. The molecule has 0 bridgehead atoms. The molecule has 5 rings (SSSR count). The zero-order valence-corrected chi connectivity index (χ0v) is 17.7. The van der Waals surface area contributed by atoms with Crippen LogP contribution in [0.3, 0.4) is 0 Å². The molecule has 0 spiro atoms. The van der Waals surface area contributed by atoms with E-state index in [-0.39, 0.29) is 0 Å². The second-order valence-electron chi connectivity index (χ2n) is 5.96. The van der Waals surface area contributed by atoms with Gasteiger partial charge in [-0.2, -0.15) is 0 Å². The average molecular weight is 441 g/mol. The van der Waals surface area contributed by atoms with Gasteiger partial charge in [0.15, 0.2) is 11.0 Å². The highest BCUT2D eigenvalue weighted by Gasteiger charge is 2.17. The Balaban J connectivity index is 1.50. The molecule has 0 aliphatic heterocycles. The number of thiophene rings is 1. The van der Waals surface area contributed by atoms with Crippen LogP contribution in [0, 0.1) is 0 Å². The van der Waals surface area contributed by atoms with Crippen LogP contribution in [0.2, 0.25) is 5.02 Å². The van der Waals surface area contributed by atoms with Gasteiger partial charge in [0.25, 0.3) is 0 Å². The normalized spacial score (nSPS) is 11.3. The van der Waals surface area contributed by atoms with Crippen LogP contribution in [0.1, 0.15) is 5.01 Å². The van der Waals surface area contributed by atoms with Gasteiger partial charge in [-0.1, -0.05) is 41.6 Å². The predicted octanol–water partition coefficient (Wildman–Crippen LogP) is 6.55. The molecule has 0 aliphatic carbocycles. The quantitative estimate of drug-likeness (QED) is 0.290. The largest absolute Gasteiger partial charge is 0.269 e. The summed E-state index contributed by atoms with van der Waals surface area (Å²) in [4.78, 5) is 5.80. The number of para-hydroxylation sites is 1. The molecule has 0 saturated heterocycles. The van der Waals surface area contributed by atoms with Crippen molar-refractivity contribution >= 4 is 56.3 Å². The minimum absolute atomic E-state index is 0.707. The van der Waals surface area contributed by atoms with E-state index in [4.69, 9.17) is 16.6 Å². The fourth-order valence-corrected chi connectivity index (χ4v) is 5.60. The summed E-state index contributed by atoms with van der Waals surface area (Å²) in [6.45, 7) is 0. The smallest absolute Gasteiger partial charge is 0.196 e. The van der Waals surface area contributed by atoms with Gasteiger partial charge in [0.1, 0.15) is 5.01 Å². The first-order valence-corrected chi connectivity index (χ1v) is 11.6. The van der Waals surface area contributed by atoms with Crippen LogP contribution in [0.25, 0.3) is 26.6 Å². The lowest BCUT2D eigenvalue weighted by Gasteiger charge is -2.09. The lowest BCUT2D eigenvalue weighted by atomic mass is 10.3. The third kappa shape index (κ3) is 3.46. The molecule has 0 aliphatic rings. The maximum absolute atomic E-state index is 6.08. The van der Waals surface area contributed by atoms with Crippen LogP contribution in [0.4, 0.5) is 0 Å². The SMILES string of the molecule is Clc1ccc(-n2c(SCc3nc4ccccc4s3)nnc2-c2cccs2)cc1. The van der Waals surface area contributed by atoms with E-state index in [1.165, 1.54) is 4.70 Å². The maximum Gasteiger partial charge on any atom is 0.196 e. The first-order chi connectivity index (χ1) is 13.8. The van der Waals surface area contributed by atoms with E-state index >= 15 is 0 Å². The molecule has 2 aromatic carbocycles. The van der Waals surface area contributed by atoms with Crippen molar-refractivity contribution in [3.8, 4) is 16.4 Å². The van der Waals surface area contributed by atoms with E-state index in [0.717, 1.165) is 37.8 Å². The van der Waals surface area contributed by atoms with E-state index < -0.39 is 0 Å². The number of thiazole rings is 1. The molecule has 0 fully saturated rings. The van der Waals surface area contributed by atoms with Gasteiger partial charge < -0.3 is 0 Å². The first kappa shape index (κ1) is 17.9. The molecule has 0 amide bonds. The molecule has 0 radical (unpaired) electrons. The van der Waals surface area contributed by atoms with E-state index in [1.807, 2.05) is 53.9 Å². The molecule has 28 heavy (non-hydrogen) atoms. The molecule has 0 saturated carbocycles. The number of nitrogens with zero attached hydrogens (tertiary/aromatic N) is 4. The number of hydrogen-bond donors (Lipinski definition) is 0.